The van der Waals surface area contributed by atoms with Crippen molar-refractivity contribution in [2.75, 3.05) is 20.2 Å². The van der Waals surface area contributed by atoms with Gasteiger partial charge in [-0.1, -0.05) is 13.3 Å². The maximum atomic E-state index is 11.0. The number of nitrogens with zero attached hydrogens (tertiary/aromatic N) is 1. The number of carbonyl (C=O) groups excluding carboxylic acids is 1. The lowest BCUT2D eigenvalue weighted by molar-refractivity contribution is 0.111. The molecule has 0 aromatic heterocycles. The number of rotatable bonds is 4. The number of unbranched alkanes of at least 4 members (excludes halogenated alkanes) is 1. The molecule has 0 fully saturated rings. The van der Waals surface area contributed by atoms with Crippen LogP contribution in [-0.4, -0.2) is 31.2 Å². The largest absolute Gasteiger partial charge is 0.449 e. The highest BCUT2D eigenvalue weighted by molar-refractivity contribution is 5.67. The third kappa shape index (κ3) is 4.65. The van der Waals surface area contributed by atoms with Gasteiger partial charge in [0.25, 0.3) is 0 Å². The molecule has 0 saturated heterocycles. The average Bonchev–Trinajstić information content (AvgIpc) is 2.03. The van der Waals surface area contributed by atoms with Crippen molar-refractivity contribution in [3.63, 3.8) is 0 Å². The minimum absolute atomic E-state index is 0.221. The second-order valence-electron chi connectivity index (χ2n) is 2.48. The molecule has 0 aliphatic carbocycles. The molecular weight excluding hydrogens is 142 g/mol. The van der Waals surface area contributed by atoms with E-state index >= 15 is 0 Å². The summed E-state index contributed by atoms with van der Waals surface area (Å²) in [7, 11) is 1.73. The Kier molecular flexibility index (Phi) is 5.61. The summed E-state index contributed by atoms with van der Waals surface area (Å²) in [4.78, 5) is 12.5. The maximum Gasteiger partial charge on any atom is 0.409 e. The van der Waals surface area contributed by atoms with Gasteiger partial charge in [0.2, 0.25) is 0 Å². The summed E-state index contributed by atoms with van der Waals surface area (Å²) < 4.78 is 4.92. The standard InChI is InChI=1S/C8H17NO2/c1-4-6-7-11-8(10)9(3)5-2/h4-7H2,1-3H3. The second-order valence-corrected chi connectivity index (χ2v) is 2.48. The summed E-state index contributed by atoms with van der Waals surface area (Å²) in [5.74, 6) is 0. The topological polar surface area (TPSA) is 29.5 Å². The van der Waals surface area contributed by atoms with Crippen molar-refractivity contribution in [1.29, 1.82) is 0 Å². The van der Waals surface area contributed by atoms with Gasteiger partial charge in [0.1, 0.15) is 0 Å². The Morgan fingerprint density at radius 2 is 2.09 bits per heavy atom. The summed E-state index contributed by atoms with van der Waals surface area (Å²) in [5.41, 5.74) is 0. The zero-order chi connectivity index (χ0) is 8.69. The van der Waals surface area contributed by atoms with Crippen molar-refractivity contribution in [1.82, 2.24) is 4.90 Å². The Morgan fingerprint density at radius 1 is 1.45 bits per heavy atom. The number of hydrogen-bond donors (Lipinski definition) is 0. The van der Waals surface area contributed by atoms with E-state index < -0.39 is 0 Å². The van der Waals surface area contributed by atoms with Crippen molar-refractivity contribution < 1.29 is 9.53 Å². The fourth-order valence-electron chi connectivity index (χ4n) is 0.543. The van der Waals surface area contributed by atoms with Crippen LogP contribution in [0, 0.1) is 0 Å². The summed E-state index contributed by atoms with van der Waals surface area (Å²) >= 11 is 0. The first-order valence-corrected chi connectivity index (χ1v) is 4.10. The average molecular weight is 159 g/mol. The predicted octanol–water partition coefficient (Wildman–Crippen LogP) is 1.87. The van der Waals surface area contributed by atoms with E-state index in [2.05, 4.69) is 6.92 Å². The van der Waals surface area contributed by atoms with Gasteiger partial charge in [0.15, 0.2) is 0 Å². The Labute approximate surface area is 68.3 Å². The van der Waals surface area contributed by atoms with Crippen LogP contribution in [0.25, 0.3) is 0 Å². The van der Waals surface area contributed by atoms with Crippen molar-refractivity contribution in [2.24, 2.45) is 0 Å². The van der Waals surface area contributed by atoms with E-state index in [4.69, 9.17) is 4.74 Å². The molecule has 0 aromatic carbocycles. The van der Waals surface area contributed by atoms with E-state index in [9.17, 15) is 4.79 Å². The van der Waals surface area contributed by atoms with Crippen molar-refractivity contribution in [3.05, 3.63) is 0 Å². The van der Waals surface area contributed by atoms with Gasteiger partial charge in [0.05, 0.1) is 6.61 Å². The molecule has 0 aliphatic heterocycles. The highest BCUT2D eigenvalue weighted by Crippen LogP contribution is 1.92. The number of hydrogen-bond acceptors (Lipinski definition) is 2. The molecule has 11 heavy (non-hydrogen) atoms. The zero-order valence-corrected chi connectivity index (χ0v) is 7.59. The summed E-state index contributed by atoms with van der Waals surface area (Å²) in [6.07, 6.45) is 1.79. The molecule has 0 aliphatic rings. The van der Waals surface area contributed by atoms with E-state index in [0.29, 0.717) is 13.2 Å². The monoisotopic (exact) mass is 159 g/mol. The number of amides is 1. The molecule has 0 heterocycles. The van der Waals surface area contributed by atoms with E-state index in [1.165, 1.54) is 0 Å². The van der Waals surface area contributed by atoms with Crippen LogP contribution in [0.15, 0.2) is 0 Å². The van der Waals surface area contributed by atoms with E-state index in [-0.39, 0.29) is 6.09 Å². The van der Waals surface area contributed by atoms with Crippen LogP contribution in [0.2, 0.25) is 0 Å². The van der Waals surface area contributed by atoms with Crippen LogP contribution >= 0.6 is 0 Å². The molecule has 0 N–H and O–H groups in total. The molecule has 3 nitrogen and oxygen atoms in total. The summed E-state index contributed by atoms with van der Waals surface area (Å²) in [6.45, 7) is 5.23. The van der Waals surface area contributed by atoms with Crippen LogP contribution in [0.1, 0.15) is 26.7 Å². The van der Waals surface area contributed by atoms with Gasteiger partial charge in [-0.05, 0) is 13.3 Å². The van der Waals surface area contributed by atoms with Gasteiger partial charge < -0.3 is 9.64 Å². The molecule has 0 rings (SSSR count). The Balaban J connectivity index is 3.36. The molecule has 0 atom stereocenters. The number of ether oxygens (including phenoxy) is 1. The van der Waals surface area contributed by atoms with Gasteiger partial charge in [-0.3, -0.25) is 0 Å². The van der Waals surface area contributed by atoms with Gasteiger partial charge in [-0.15, -0.1) is 0 Å². The lowest BCUT2D eigenvalue weighted by atomic mass is 10.4. The Hall–Kier alpha value is -0.730. The lowest BCUT2D eigenvalue weighted by Crippen LogP contribution is -2.27. The van der Waals surface area contributed by atoms with Crippen LogP contribution in [0.5, 0.6) is 0 Å². The van der Waals surface area contributed by atoms with Gasteiger partial charge in [-0.2, -0.15) is 0 Å². The first-order valence-electron chi connectivity index (χ1n) is 4.10. The van der Waals surface area contributed by atoms with Gasteiger partial charge in [-0.25, -0.2) is 4.79 Å². The molecule has 0 saturated carbocycles. The first kappa shape index (κ1) is 10.3. The molecule has 3 heteroatoms. The maximum absolute atomic E-state index is 11.0. The highest BCUT2D eigenvalue weighted by Gasteiger charge is 2.05. The lowest BCUT2D eigenvalue weighted by Gasteiger charge is -2.13. The smallest absolute Gasteiger partial charge is 0.409 e. The third-order valence-corrected chi connectivity index (χ3v) is 1.51. The minimum atomic E-state index is -0.221. The van der Waals surface area contributed by atoms with Crippen molar-refractivity contribution >= 4 is 6.09 Å². The fourth-order valence-corrected chi connectivity index (χ4v) is 0.543. The first-order chi connectivity index (χ1) is 5.22. The van der Waals surface area contributed by atoms with Crippen LogP contribution in [-0.2, 0) is 4.74 Å². The molecule has 0 bridgehead atoms. The quantitative estimate of drug-likeness (QED) is 0.586. The molecule has 0 radical (unpaired) electrons. The van der Waals surface area contributed by atoms with Crippen LogP contribution in [0.3, 0.4) is 0 Å². The zero-order valence-electron chi connectivity index (χ0n) is 7.59. The Bertz CT molecular complexity index is 115. The third-order valence-electron chi connectivity index (χ3n) is 1.51. The van der Waals surface area contributed by atoms with Crippen molar-refractivity contribution in [2.45, 2.75) is 26.7 Å². The van der Waals surface area contributed by atoms with E-state index in [1.54, 1.807) is 11.9 Å². The van der Waals surface area contributed by atoms with E-state index in [0.717, 1.165) is 12.8 Å². The highest BCUT2D eigenvalue weighted by atomic mass is 16.6. The van der Waals surface area contributed by atoms with Gasteiger partial charge >= 0.3 is 6.09 Å². The Morgan fingerprint density at radius 3 is 2.55 bits per heavy atom. The SMILES string of the molecule is CCCCOC(=O)N(C)CC. The summed E-state index contributed by atoms with van der Waals surface area (Å²) in [5, 5.41) is 0. The molecule has 0 aromatic rings. The molecule has 66 valence electrons. The van der Waals surface area contributed by atoms with E-state index in [1.807, 2.05) is 6.92 Å². The van der Waals surface area contributed by atoms with Gasteiger partial charge in [0, 0.05) is 13.6 Å². The normalized spacial score (nSPS) is 9.36. The molecule has 0 unspecified atom stereocenters. The fraction of sp³-hybridized carbons (Fsp3) is 0.875. The predicted molar refractivity (Wildman–Crippen MR) is 44.6 cm³/mol. The summed E-state index contributed by atoms with van der Waals surface area (Å²) in [6, 6.07) is 0. The molecule has 1 amide bonds. The second kappa shape index (κ2) is 6.01. The minimum Gasteiger partial charge on any atom is -0.449 e. The molecular formula is C8H17NO2. The van der Waals surface area contributed by atoms with Crippen LogP contribution in [0.4, 0.5) is 4.79 Å². The van der Waals surface area contributed by atoms with Crippen molar-refractivity contribution in [3.8, 4) is 0 Å². The number of carbonyl (C=O) groups is 1. The molecule has 0 spiro atoms. The van der Waals surface area contributed by atoms with Crippen LogP contribution < -0.4 is 0 Å².